The van der Waals surface area contributed by atoms with E-state index in [0.717, 1.165) is 24.2 Å². The van der Waals surface area contributed by atoms with Crippen molar-refractivity contribution in [1.29, 1.82) is 0 Å². The minimum absolute atomic E-state index is 0.0614. The first-order chi connectivity index (χ1) is 7.52. The van der Waals surface area contributed by atoms with Crippen LogP contribution in [0.5, 0.6) is 5.75 Å². The Labute approximate surface area is 97.3 Å². The van der Waals surface area contributed by atoms with Gasteiger partial charge in [-0.15, -0.1) is 0 Å². The molecule has 2 rings (SSSR count). The summed E-state index contributed by atoms with van der Waals surface area (Å²) in [5.41, 5.74) is 2.38. The Hall–Kier alpha value is -1.02. The normalized spacial score (nSPS) is 19.8. The number of fused-ring (bicyclic) bond motifs is 1. The highest BCUT2D eigenvalue weighted by Crippen LogP contribution is 2.34. The largest absolute Gasteiger partial charge is 0.488 e. The van der Waals surface area contributed by atoms with E-state index >= 15 is 0 Å². The first kappa shape index (κ1) is 11.5. The fourth-order valence-electron chi connectivity index (χ4n) is 2.07. The van der Waals surface area contributed by atoms with E-state index in [0.29, 0.717) is 0 Å². The Balaban J connectivity index is 2.31. The highest BCUT2D eigenvalue weighted by atomic mass is 16.5. The lowest BCUT2D eigenvalue weighted by atomic mass is 9.92. The summed E-state index contributed by atoms with van der Waals surface area (Å²) in [4.78, 5) is 0. The third-order valence-electron chi connectivity index (χ3n) is 3.32. The molecule has 1 heterocycles. The minimum Gasteiger partial charge on any atom is -0.488 e. The van der Waals surface area contributed by atoms with Crippen LogP contribution in [0.1, 0.15) is 44.2 Å². The van der Waals surface area contributed by atoms with Gasteiger partial charge in [0.2, 0.25) is 0 Å². The Morgan fingerprint density at radius 1 is 1.44 bits per heavy atom. The van der Waals surface area contributed by atoms with Crippen LogP contribution in [0.15, 0.2) is 18.2 Å². The van der Waals surface area contributed by atoms with Gasteiger partial charge in [-0.3, -0.25) is 0 Å². The average Bonchev–Trinajstić information content (AvgIpc) is 2.25. The van der Waals surface area contributed by atoms with Gasteiger partial charge in [-0.1, -0.05) is 19.1 Å². The van der Waals surface area contributed by atoms with Gasteiger partial charge < -0.3 is 9.84 Å². The Morgan fingerprint density at radius 3 is 2.88 bits per heavy atom. The Kier molecular flexibility index (Phi) is 2.94. The monoisotopic (exact) mass is 220 g/mol. The molecule has 0 radical (unpaired) electrons. The summed E-state index contributed by atoms with van der Waals surface area (Å²) in [5, 5.41) is 9.15. The quantitative estimate of drug-likeness (QED) is 0.830. The highest BCUT2D eigenvalue weighted by molar-refractivity contribution is 5.40. The summed E-state index contributed by atoms with van der Waals surface area (Å²) in [5.74, 6) is 1.17. The zero-order valence-corrected chi connectivity index (χ0v) is 10.3. The molecule has 0 spiro atoms. The molecular weight excluding hydrogens is 200 g/mol. The molecule has 0 amide bonds. The third-order valence-corrected chi connectivity index (χ3v) is 3.32. The van der Waals surface area contributed by atoms with E-state index in [1.807, 2.05) is 6.92 Å². The van der Waals surface area contributed by atoms with Crippen molar-refractivity contribution in [3.8, 4) is 5.75 Å². The molecule has 0 fully saturated rings. The maximum atomic E-state index is 9.15. The van der Waals surface area contributed by atoms with Gasteiger partial charge in [-0.25, -0.2) is 0 Å². The maximum Gasteiger partial charge on any atom is 0.123 e. The molecule has 2 heteroatoms. The molecule has 16 heavy (non-hydrogen) atoms. The molecular formula is C14H20O2. The summed E-state index contributed by atoms with van der Waals surface area (Å²) < 4.78 is 5.97. The van der Waals surface area contributed by atoms with Gasteiger partial charge in [0.05, 0.1) is 0 Å². The van der Waals surface area contributed by atoms with Gasteiger partial charge in [0, 0.05) is 12.5 Å². The predicted molar refractivity (Wildman–Crippen MR) is 65.0 cm³/mol. The van der Waals surface area contributed by atoms with Crippen LogP contribution < -0.4 is 4.74 Å². The molecule has 0 aliphatic carbocycles. The number of aryl methyl sites for hydroxylation is 1. The fraction of sp³-hybridized carbons (Fsp3) is 0.571. The van der Waals surface area contributed by atoms with E-state index in [1.165, 1.54) is 5.56 Å². The van der Waals surface area contributed by atoms with Crippen molar-refractivity contribution in [3.05, 3.63) is 29.3 Å². The molecule has 1 N–H and O–H groups in total. The Bertz CT molecular complexity index is 382. The maximum absolute atomic E-state index is 9.15. The van der Waals surface area contributed by atoms with Crippen LogP contribution in [0.3, 0.4) is 0 Å². The van der Waals surface area contributed by atoms with Crippen LogP contribution in [0.2, 0.25) is 0 Å². The number of aliphatic hydroxyl groups excluding tert-OH is 1. The third kappa shape index (κ3) is 2.22. The number of hydrogen-bond acceptors (Lipinski definition) is 2. The van der Waals surface area contributed by atoms with Crippen LogP contribution >= 0.6 is 0 Å². The van der Waals surface area contributed by atoms with E-state index in [1.54, 1.807) is 0 Å². The molecule has 0 aromatic heterocycles. The molecule has 1 atom stereocenters. The average molecular weight is 220 g/mol. The van der Waals surface area contributed by atoms with Crippen molar-refractivity contribution in [1.82, 2.24) is 0 Å². The summed E-state index contributed by atoms with van der Waals surface area (Å²) in [6.45, 7) is 6.45. The predicted octanol–water partition coefficient (Wildman–Crippen LogP) is 2.89. The van der Waals surface area contributed by atoms with E-state index in [4.69, 9.17) is 9.84 Å². The van der Waals surface area contributed by atoms with Gasteiger partial charge in [-0.2, -0.15) is 0 Å². The second kappa shape index (κ2) is 4.10. The SMILES string of the molecule is CC(CO)c1ccc2c(c1)OC(C)(C)CC2. The molecule has 0 bridgehead atoms. The van der Waals surface area contributed by atoms with Crippen molar-refractivity contribution in [3.63, 3.8) is 0 Å². The van der Waals surface area contributed by atoms with Gasteiger partial charge in [-0.05, 0) is 43.9 Å². The van der Waals surface area contributed by atoms with Gasteiger partial charge in [0.25, 0.3) is 0 Å². The van der Waals surface area contributed by atoms with Gasteiger partial charge in [0.1, 0.15) is 11.4 Å². The summed E-state index contributed by atoms with van der Waals surface area (Å²) >= 11 is 0. The standard InChI is InChI=1S/C14H20O2/c1-10(9-15)12-5-4-11-6-7-14(2,3)16-13(11)8-12/h4-5,8,10,15H,6-7,9H2,1-3H3. The molecule has 0 saturated heterocycles. The molecule has 2 nitrogen and oxygen atoms in total. The summed E-state index contributed by atoms with van der Waals surface area (Å²) in [6.07, 6.45) is 2.14. The zero-order valence-electron chi connectivity index (χ0n) is 10.3. The second-order valence-corrected chi connectivity index (χ2v) is 5.31. The second-order valence-electron chi connectivity index (χ2n) is 5.31. The molecule has 1 unspecified atom stereocenters. The van der Waals surface area contributed by atoms with Crippen LogP contribution in [-0.4, -0.2) is 17.3 Å². The minimum atomic E-state index is -0.0614. The van der Waals surface area contributed by atoms with E-state index in [2.05, 4.69) is 32.0 Å². The Morgan fingerprint density at radius 2 is 2.19 bits per heavy atom. The number of ether oxygens (including phenoxy) is 1. The summed E-state index contributed by atoms with van der Waals surface area (Å²) in [6, 6.07) is 6.31. The van der Waals surface area contributed by atoms with Crippen LogP contribution in [0.25, 0.3) is 0 Å². The van der Waals surface area contributed by atoms with Crippen molar-refractivity contribution in [2.75, 3.05) is 6.61 Å². The number of aliphatic hydroxyl groups is 1. The van der Waals surface area contributed by atoms with Gasteiger partial charge >= 0.3 is 0 Å². The zero-order chi connectivity index (χ0) is 11.8. The number of hydrogen-bond donors (Lipinski definition) is 1. The van der Waals surface area contributed by atoms with Crippen LogP contribution in [0, 0.1) is 0 Å². The van der Waals surface area contributed by atoms with E-state index in [-0.39, 0.29) is 18.1 Å². The van der Waals surface area contributed by atoms with Crippen LogP contribution in [-0.2, 0) is 6.42 Å². The molecule has 1 aliphatic heterocycles. The van der Waals surface area contributed by atoms with Crippen molar-refractivity contribution >= 4 is 0 Å². The van der Waals surface area contributed by atoms with Crippen molar-refractivity contribution in [2.45, 2.75) is 45.1 Å². The molecule has 0 saturated carbocycles. The summed E-state index contributed by atoms with van der Waals surface area (Å²) in [7, 11) is 0. The molecule has 1 aliphatic rings. The highest BCUT2D eigenvalue weighted by Gasteiger charge is 2.26. The van der Waals surface area contributed by atoms with Gasteiger partial charge in [0.15, 0.2) is 0 Å². The number of rotatable bonds is 2. The van der Waals surface area contributed by atoms with E-state index < -0.39 is 0 Å². The molecule has 1 aromatic carbocycles. The lowest BCUT2D eigenvalue weighted by Crippen LogP contribution is -2.32. The first-order valence-electron chi connectivity index (χ1n) is 5.94. The van der Waals surface area contributed by atoms with Crippen LogP contribution in [0.4, 0.5) is 0 Å². The first-order valence-corrected chi connectivity index (χ1v) is 5.94. The lowest BCUT2D eigenvalue weighted by molar-refractivity contribution is 0.0845. The van der Waals surface area contributed by atoms with Crippen molar-refractivity contribution < 1.29 is 9.84 Å². The topological polar surface area (TPSA) is 29.5 Å². The molecule has 88 valence electrons. The molecule has 1 aromatic rings. The lowest BCUT2D eigenvalue weighted by Gasteiger charge is -2.33. The fourth-order valence-corrected chi connectivity index (χ4v) is 2.07. The van der Waals surface area contributed by atoms with E-state index in [9.17, 15) is 0 Å². The van der Waals surface area contributed by atoms with Crippen molar-refractivity contribution in [2.24, 2.45) is 0 Å². The smallest absolute Gasteiger partial charge is 0.123 e. The number of benzene rings is 1.